The molecule has 0 unspecified atom stereocenters. The van der Waals surface area contributed by atoms with Crippen molar-refractivity contribution in [2.75, 3.05) is 5.32 Å². The Morgan fingerprint density at radius 2 is 1.83 bits per heavy atom. The first kappa shape index (κ1) is 12.2. The Morgan fingerprint density at radius 1 is 1.11 bits per heavy atom. The number of aromatic hydroxyl groups is 1. The largest absolute Gasteiger partial charge is 0.508 e. The number of rotatable bonds is 2. The second kappa shape index (κ2) is 4.92. The molecule has 3 heteroatoms. The topological polar surface area (TPSA) is 49.3 Å². The minimum absolute atomic E-state index is 0.174. The standard InChI is InChI=1S/C15H15NO2/c1-10-5-3-6-12(9-10)15(18)16-13-7-4-8-14(17)11(13)2/h3-9,17H,1-2H3,(H,16,18). The van der Waals surface area contributed by atoms with E-state index in [0.717, 1.165) is 5.56 Å². The molecule has 2 N–H and O–H groups in total. The summed E-state index contributed by atoms with van der Waals surface area (Å²) >= 11 is 0. The molecule has 2 aromatic rings. The summed E-state index contributed by atoms with van der Waals surface area (Å²) in [6.07, 6.45) is 0. The van der Waals surface area contributed by atoms with Crippen molar-refractivity contribution in [3.8, 4) is 5.75 Å². The molecule has 0 aliphatic carbocycles. The molecule has 3 nitrogen and oxygen atoms in total. The van der Waals surface area contributed by atoms with Crippen LogP contribution in [0, 0.1) is 13.8 Å². The first-order valence-electron chi connectivity index (χ1n) is 5.74. The number of carbonyl (C=O) groups excluding carboxylic acids is 1. The lowest BCUT2D eigenvalue weighted by Crippen LogP contribution is -2.12. The second-order valence-electron chi connectivity index (χ2n) is 4.27. The summed E-state index contributed by atoms with van der Waals surface area (Å²) in [6.45, 7) is 3.71. The molecule has 92 valence electrons. The van der Waals surface area contributed by atoms with Gasteiger partial charge in [0.1, 0.15) is 5.75 Å². The Hall–Kier alpha value is -2.29. The third kappa shape index (κ3) is 2.51. The highest BCUT2D eigenvalue weighted by molar-refractivity contribution is 6.04. The SMILES string of the molecule is Cc1cccc(C(=O)Nc2cccc(O)c2C)c1. The number of phenolic OH excluding ortho intramolecular Hbond substituents is 1. The highest BCUT2D eigenvalue weighted by atomic mass is 16.3. The van der Waals surface area contributed by atoms with E-state index < -0.39 is 0 Å². The van der Waals surface area contributed by atoms with Crippen LogP contribution >= 0.6 is 0 Å². The van der Waals surface area contributed by atoms with E-state index in [4.69, 9.17) is 0 Å². The van der Waals surface area contributed by atoms with Crippen molar-refractivity contribution in [3.63, 3.8) is 0 Å². The molecule has 0 bridgehead atoms. The van der Waals surface area contributed by atoms with E-state index >= 15 is 0 Å². The molecule has 0 atom stereocenters. The van der Waals surface area contributed by atoms with E-state index in [1.165, 1.54) is 0 Å². The fourth-order valence-electron chi connectivity index (χ4n) is 1.74. The Morgan fingerprint density at radius 3 is 2.56 bits per heavy atom. The molecule has 1 amide bonds. The quantitative estimate of drug-likeness (QED) is 0.847. The van der Waals surface area contributed by atoms with Crippen LogP contribution in [0.2, 0.25) is 0 Å². The molecule has 0 aromatic heterocycles. The summed E-state index contributed by atoms with van der Waals surface area (Å²) in [4.78, 5) is 12.0. The van der Waals surface area contributed by atoms with Crippen molar-refractivity contribution >= 4 is 11.6 Å². The van der Waals surface area contributed by atoms with Crippen molar-refractivity contribution in [3.05, 3.63) is 59.2 Å². The molecule has 0 heterocycles. The third-order valence-corrected chi connectivity index (χ3v) is 2.83. The number of hydrogen-bond acceptors (Lipinski definition) is 2. The second-order valence-corrected chi connectivity index (χ2v) is 4.27. The van der Waals surface area contributed by atoms with Crippen LogP contribution in [-0.2, 0) is 0 Å². The van der Waals surface area contributed by atoms with E-state index in [-0.39, 0.29) is 11.7 Å². The molecule has 0 radical (unpaired) electrons. The summed E-state index contributed by atoms with van der Waals surface area (Å²) in [6, 6.07) is 12.4. The van der Waals surface area contributed by atoms with Gasteiger partial charge in [-0.05, 0) is 38.1 Å². The first-order chi connectivity index (χ1) is 8.58. The lowest BCUT2D eigenvalue weighted by atomic mass is 10.1. The van der Waals surface area contributed by atoms with E-state index in [0.29, 0.717) is 16.8 Å². The lowest BCUT2D eigenvalue weighted by Gasteiger charge is -2.09. The number of phenols is 1. The van der Waals surface area contributed by atoms with Gasteiger partial charge >= 0.3 is 0 Å². The van der Waals surface area contributed by atoms with Crippen molar-refractivity contribution < 1.29 is 9.90 Å². The summed E-state index contributed by atoms with van der Waals surface area (Å²) in [5.74, 6) is 0.00411. The molecular formula is C15H15NO2. The molecule has 0 spiro atoms. The highest BCUT2D eigenvalue weighted by Crippen LogP contribution is 2.24. The van der Waals surface area contributed by atoms with E-state index in [1.54, 1.807) is 31.2 Å². The van der Waals surface area contributed by atoms with Crippen molar-refractivity contribution in [1.82, 2.24) is 0 Å². The van der Waals surface area contributed by atoms with E-state index in [2.05, 4.69) is 5.32 Å². The number of anilines is 1. The van der Waals surface area contributed by atoms with E-state index in [1.807, 2.05) is 25.1 Å². The fourth-order valence-corrected chi connectivity index (χ4v) is 1.74. The van der Waals surface area contributed by atoms with Crippen LogP contribution in [0.15, 0.2) is 42.5 Å². The minimum Gasteiger partial charge on any atom is -0.508 e. The average Bonchev–Trinajstić information content (AvgIpc) is 2.35. The van der Waals surface area contributed by atoms with Crippen molar-refractivity contribution in [2.45, 2.75) is 13.8 Å². The zero-order valence-corrected chi connectivity index (χ0v) is 10.4. The van der Waals surface area contributed by atoms with Gasteiger partial charge in [0, 0.05) is 16.8 Å². The normalized spacial score (nSPS) is 10.1. The van der Waals surface area contributed by atoms with Crippen LogP contribution in [0.3, 0.4) is 0 Å². The maximum Gasteiger partial charge on any atom is 0.255 e. The Labute approximate surface area is 106 Å². The molecule has 2 aromatic carbocycles. The summed E-state index contributed by atoms with van der Waals surface area (Å²) in [7, 11) is 0. The number of aryl methyl sites for hydroxylation is 1. The number of amides is 1. The smallest absolute Gasteiger partial charge is 0.255 e. The van der Waals surface area contributed by atoms with Gasteiger partial charge in [-0.25, -0.2) is 0 Å². The maximum atomic E-state index is 12.0. The lowest BCUT2D eigenvalue weighted by molar-refractivity contribution is 0.102. The van der Waals surface area contributed by atoms with Crippen LogP contribution in [0.5, 0.6) is 5.75 Å². The molecule has 0 fully saturated rings. The van der Waals surface area contributed by atoms with Crippen molar-refractivity contribution in [1.29, 1.82) is 0 Å². The van der Waals surface area contributed by atoms with Crippen LogP contribution in [0.4, 0.5) is 5.69 Å². The molecule has 0 aliphatic heterocycles. The fraction of sp³-hybridized carbons (Fsp3) is 0.133. The number of benzene rings is 2. The summed E-state index contributed by atoms with van der Waals surface area (Å²) < 4.78 is 0. The number of hydrogen-bond donors (Lipinski definition) is 2. The van der Waals surface area contributed by atoms with Gasteiger partial charge in [0.25, 0.3) is 5.91 Å². The van der Waals surface area contributed by atoms with Gasteiger partial charge in [-0.2, -0.15) is 0 Å². The molecule has 0 aliphatic rings. The third-order valence-electron chi connectivity index (χ3n) is 2.83. The van der Waals surface area contributed by atoms with Gasteiger partial charge in [0.15, 0.2) is 0 Å². The summed E-state index contributed by atoms with van der Waals surface area (Å²) in [5, 5.41) is 12.4. The van der Waals surface area contributed by atoms with Crippen LogP contribution in [0.25, 0.3) is 0 Å². The Kier molecular flexibility index (Phi) is 3.33. The van der Waals surface area contributed by atoms with Gasteiger partial charge in [0.05, 0.1) is 0 Å². The monoisotopic (exact) mass is 241 g/mol. The van der Waals surface area contributed by atoms with Crippen molar-refractivity contribution in [2.24, 2.45) is 0 Å². The number of carbonyl (C=O) groups is 1. The molecular weight excluding hydrogens is 226 g/mol. The zero-order chi connectivity index (χ0) is 13.1. The van der Waals surface area contributed by atoms with E-state index in [9.17, 15) is 9.90 Å². The predicted molar refractivity (Wildman–Crippen MR) is 72.0 cm³/mol. The van der Waals surface area contributed by atoms with Gasteiger partial charge in [-0.3, -0.25) is 4.79 Å². The predicted octanol–water partition coefficient (Wildman–Crippen LogP) is 3.26. The van der Waals surface area contributed by atoms with Crippen LogP contribution in [-0.4, -0.2) is 11.0 Å². The molecule has 2 rings (SSSR count). The first-order valence-corrected chi connectivity index (χ1v) is 5.74. The Balaban J connectivity index is 2.24. The number of nitrogens with one attached hydrogen (secondary N) is 1. The highest BCUT2D eigenvalue weighted by Gasteiger charge is 2.09. The average molecular weight is 241 g/mol. The molecule has 0 saturated carbocycles. The van der Waals surface area contributed by atoms with Crippen LogP contribution < -0.4 is 5.32 Å². The zero-order valence-electron chi connectivity index (χ0n) is 10.4. The maximum absolute atomic E-state index is 12.0. The Bertz CT molecular complexity index is 591. The van der Waals surface area contributed by atoms with Gasteiger partial charge in [-0.1, -0.05) is 23.8 Å². The minimum atomic E-state index is -0.174. The van der Waals surface area contributed by atoms with Gasteiger partial charge in [-0.15, -0.1) is 0 Å². The van der Waals surface area contributed by atoms with Crippen LogP contribution in [0.1, 0.15) is 21.5 Å². The van der Waals surface area contributed by atoms with Gasteiger partial charge in [0.2, 0.25) is 0 Å². The summed E-state index contributed by atoms with van der Waals surface area (Å²) in [5.41, 5.74) is 2.94. The molecule has 18 heavy (non-hydrogen) atoms. The molecule has 0 saturated heterocycles. The van der Waals surface area contributed by atoms with Gasteiger partial charge < -0.3 is 10.4 Å².